The Hall–Kier alpha value is -0.260. The van der Waals surface area contributed by atoms with Crippen molar-refractivity contribution in [2.75, 3.05) is 27.2 Å². The zero-order chi connectivity index (χ0) is 10.9. The van der Waals surface area contributed by atoms with Gasteiger partial charge in [-0.25, -0.2) is 0 Å². The molecule has 0 N–H and O–H groups in total. The van der Waals surface area contributed by atoms with Crippen molar-refractivity contribution in [3.63, 3.8) is 0 Å². The van der Waals surface area contributed by atoms with Gasteiger partial charge in [0.15, 0.2) is 6.54 Å². The molecule has 0 aliphatic rings. The molecule has 0 aromatic rings. The summed E-state index contributed by atoms with van der Waals surface area (Å²) in [7, 11) is 4.27. The number of halogens is 1. The number of quaternary nitrogens is 1. The summed E-state index contributed by atoms with van der Waals surface area (Å²) in [6, 6.07) is 2.24. The Morgan fingerprint density at radius 3 is 2.07 bits per heavy atom. The average Bonchev–Trinajstić information content (AvgIpc) is 2.11. The van der Waals surface area contributed by atoms with E-state index in [2.05, 4.69) is 27.1 Å². The summed E-state index contributed by atoms with van der Waals surface area (Å²) in [6.07, 6.45) is 8.01. The molecule has 0 heterocycles. The van der Waals surface area contributed by atoms with Crippen LogP contribution in [0.2, 0.25) is 0 Å². The van der Waals surface area contributed by atoms with Gasteiger partial charge in [0.25, 0.3) is 0 Å². The normalized spacial score (nSPS) is 10.5. The van der Waals surface area contributed by atoms with Crippen LogP contribution in [-0.2, 0) is 0 Å². The van der Waals surface area contributed by atoms with Gasteiger partial charge in [0.1, 0.15) is 6.07 Å². The number of hydrogen-bond donors (Lipinski definition) is 0. The molecule has 0 bridgehead atoms. The van der Waals surface area contributed by atoms with Crippen LogP contribution in [0.25, 0.3) is 0 Å². The monoisotopic (exact) mass is 232 g/mol. The minimum atomic E-state index is 0. The molecule has 0 rings (SSSR count). The summed E-state index contributed by atoms with van der Waals surface area (Å²) < 4.78 is 0.851. The molecule has 0 fully saturated rings. The van der Waals surface area contributed by atoms with E-state index in [0.717, 1.165) is 11.0 Å². The van der Waals surface area contributed by atoms with Crippen LogP contribution in [-0.4, -0.2) is 31.7 Å². The average molecular weight is 233 g/mol. The molecule has 0 spiro atoms. The van der Waals surface area contributed by atoms with Crippen molar-refractivity contribution in [3.8, 4) is 6.07 Å². The summed E-state index contributed by atoms with van der Waals surface area (Å²) in [6.45, 7) is 4.02. The van der Waals surface area contributed by atoms with E-state index in [1.807, 2.05) is 0 Å². The Morgan fingerprint density at radius 1 is 1.00 bits per heavy atom. The first-order valence-electron chi connectivity index (χ1n) is 5.81. The molecular weight excluding hydrogens is 208 g/mol. The number of hydrogen-bond acceptors (Lipinski definition) is 1. The maximum Gasteiger partial charge on any atom is 0.166 e. The van der Waals surface area contributed by atoms with Gasteiger partial charge in [0.05, 0.1) is 20.6 Å². The third-order valence-electron chi connectivity index (χ3n) is 2.62. The lowest BCUT2D eigenvalue weighted by atomic mass is 10.1. The largest absolute Gasteiger partial charge is 1.00 e. The molecule has 90 valence electrons. The van der Waals surface area contributed by atoms with Crippen molar-refractivity contribution in [1.82, 2.24) is 0 Å². The summed E-state index contributed by atoms with van der Waals surface area (Å²) in [5, 5.41) is 8.61. The lowest BCUT2D eigenvalue weighted by Gasteiger charge is -2.26. The summed E-state index contributed by atoms with van der Waals surface area (Å²) >= 11 is 0. The van der Waals surface area contributed by atoms with Gasteiger partial charge in [-0.1, -0.05) is 32.6 Å². The highest BCUT2D eigenvalue weighted by atomic mass is 35.5. The molecule has 0 atom stereocenters. The predicted octanol–water partition coefficient (Wildman–Crippen LogP) is -0.0491. The molecule has 15 heavy (non-hydrogen) atoms. The van der Waals surface area contributed by atoms with Crippen molar-refractivity contribution in [2.24, 2.45) is 0 Å². The van der Waals surface area contributed by atoms with Gasteiger partial charge in [-0.15, -0.1) is 0 Å². The molecule has 0 saturated carbocycles. The van der Waals surface area contributed by atoms with E-state index in [-0.39, 0.29) is 12.4 Å². The van der Waals surface area contributed by atoms with E-state index in [1.54, 1.807) is 0 Å². The van der Waals surface area contributed by atoms with Crippen LogP contribution in [0.15, 0.2) is 0 Å². The fourth-order valence-electron chi connectivity index (χ4n) is 1.59. The molecule has 0 aromatic heterocycles. The molecule has 0 saturated heterocycles. The van der Waals surface area contributed by atoms with Gasteiger partial charge < -0.3 is 16.9 Å². The molecular formula is C12H25ClN2. The van der Waals surface area contributed by atoms with E-state index in [9.17, 15) is 0 Å². The number of nitrogens with zero attached hydrogens (tertiary/aromatic N) is 2. The van der Waals surface area contributed by atoms with Crippen LogP contribution in [0.4, 0.5) is 0 Å². The third-order valence-corrected chi connectivity index (χ3v) is 2.62. The van der Waals surface area contributed by atoms with E-state index in [0.29, 0.717) is 6.54 Å². The Balaban J connectivity index is 0. The van der Waals surface area contributed by atoms with Crippen LogP contribution >= 0.6 is 0 Å². The maximum atomic E-state index is 8.61. The Bertz CT molecular complexity index is 173. The van der Waals surface area contributed by atoms with Crippen molar-refractivity contribution < 1.29 is 16.9 Å². The zero-order valence-electron chi connectivity index (χ0n) is 10.4. The molecule has 0 aliphatic carbocycles. The topological polar surface area (TPSA) is 23.8 Å². The first-order chi connectivity index (χ1) is 6.62. The zero-order valence-corrected chi connectivity index (χ0v) is 11.2. The highest BCUT2D eigenvalue weighted by Gasteiger charge is 2.12. The first-order valence-corrected chi connectivity index (χ1v) is 5.81. The van der Waals surface area contributed by atoms with Crippen LogP contribution in [0.3, 0.4) is 0 Å². The molecule has 0 radical (unpaired) electrons. The minimum absolute atomic E-state index is 0. The first kappa shape index (κ1) is 17.1. The van der Waals surface area contributed by atoms with E-state index >= 15 is 0 Å². The summed E-state index contributed by atoms with van der Waals surface area (Å²) in [4.78, 5) is 0. The highest BCUT2D eigenvalue weighted by Crippen LogP contribution is 2.07. The minimum Gasteiger partial charge on any atom is -1.00 e. The highest BCUT2D eigenvalue weighted by molar-refractivity contribution is 4.66. The van der Waals surface area contributed by atoms with Gasteiger partial charge in [0.2, 0.25) is 0 Å². The number of rotatable bonds is 8. The van der Waals surface area contributed by atoms with Crippen molar-refractivity contribution in [1.29, 1.82) is 5.26 Å². The lowest BCUT2D eigenvalue weighted by Crippen LogP contribution is -3.00. The van der Waals surface area contributed by atoms with Crippen LogP contribution in [0, 0.1) is 11.3 Å². The molecule has 0 unspecified atom stereocenters. The molecule has 0 aliphatic heterocycles. The molecule has 3 heteroatoms. The van der Waals surface area contributed by atoms with Gasteiger partial charge in [-0.3, -0.25) is 0 Å². The molecule has 0 amide bonds. The third kappa shape index (κ3) is 11.7. The van der Waals surface area contributed by atoms with Crippen molar-refractivity contribution >= 4 is 0 Å². The quantitative estimate of drug-likeness (QED) is 0.327. The van der Waals surface area contributed by atoms with E-state index < -0.39 is 0 Å². The Labute approximate surface area is 101 Å². The summed E-state index contributed by atoms with van der Waals surface area (Å²) in [5.41, 5.74) is 0. The number of nitriles is 1. The smallest absolute Gasteiger partial charge is 0.166 e. The standard InChI is InChI=1S/C12H25N2.ClH/c1-4-5-6-7-8-9-11-14(2,3)12-10-13;/h4-9,11-12H2,1-3H3;1H/q+1;/p-1. The Morgan fingerprint density at radius 2 is 1.53 bits per heavy atom. The fraction of sp³-hybridized carbons (Fsp3) is 0.917. The van der Waals surface area contributed by atoms with Crippen LogP contribution in [0.5, 0.6) is 0 Å². The number of unbranched alkanes of at least 4 members (excludes halogenated alkanes) is 5. The van der Waals surface area contributed by atoms with Gasteiger partial charge >= 0.3 is 0 Å². The molecule has 2 nitrogen and oxygen atoms in total. The van der Waals surface area contributed by atoms with Gasteiger partial charge in [-0.2, -0.15) is 5.26 Å². The second kappa shape index (κ2) is 10.3. The SMILES string of the molecule is CCCCCCCC[N+](C)(C)CC#N.[Cl-]. The van der Waals surface area contributed by atoms with E-state index in [1.165, 1.54) is 38.5 Å². The van der Waals surface area contributed by atoms with E-state index in [4.69, 9.17) is 5.26 Å². The van der Waals surface area contributed by atoms with Gasteiger partial charge in [-0.05, 0) is 12.8 Å². The van der Waals surface area contributed by atoms with Crippen molar-refractivity contribution in [2.45, 2.75) is 45.4 Å². The maximum absolute atomic E-state index is 8.61. The van der Waals surface area contributed by atoms with Crippen LogP contribution in [0.1, 0.15) is 45.4 Å². The van der Waals surface area contributed by atoms with Gasteiger partial charge in [0, 0.05) is 0 Å². The lowest BCUT2D eigenvalue weighted by molar-refractivity contribution is -0.883. The van der Waals surface area contributed by atoms with Crippen LogP contribution < -0.4 is 12.4 Å². The second-order valence-corrected chi connectivity index (χ2v) is 4.74. The Kier molecular flexibility index (Phi) is 11.7. The fourth-order valence-corrected chi connectivity index (χ4v) is 1.59. The van der Waals surface area contributed by atoms with Crippen molar-refractivity contribution in [3.05, 3.63) is 0 Å². The molecule has 0 aromatic carbocycles. The second-order valence-electron chi connectivity index (χ2n) is 4.74. The predicted molar refractivity (Wildman–Crippen MR) is 60.8 cm³/mol. The summed E-state index contributed by atoms with van der Waals surface area (Å²) in [5.74, 6) is 0.